The molecule has 1 fully saturated rings. The minimum absolute atomic E-state index is 0.169. The number of carboxylic acid groups (broad SMARTS) is 1. The number of carboxylic acids is 1. The van der Waals surface area contributed by atoms with Crippen LogP contribution in [0.1, 0.15) is 20.3 Å². The standard InChI is InChI=1S/C9H16N2O4/c1-5(2)15-9(14)11-6-3-7(8(12)13)10-4-6/h5-7,10H,3-4H2,1-2H3,(H,11,14)(H,12,13)/t6-,7+/m1/s1. The predicted octanol–water partition coefficient (Wildman–Crippen LogP) is -0.0639. The van der Waals surface area contributed by atoms with E-state index in [-0.39, 0.29) is 12.1 Å². The van der Waals surface area contributed by atoms with Gasteiger partial charge in [0.05, 0.1) is 6.10 Å². The lowest BCUT2D eigenvalue weighted by Crippen LogP contribution is -2.37. The Balaban J connectivity index is 2.30. The molecule has 0 saturated carbocycles. The second-order valence-electron chi connectivity index (χ2n) is 3.83. The SMILES string of the molecule is CC(C)OC(=O)N[C@H]1CN[C@H](C(=O)O)C1. The molecule has 1 heterocycles. The fraction of sp³-hybridized carbons (Fsp3) is 0.778. The third-order valence-electron chi connectivity index (χ3n) is 2.09. The van der Waals surface area contributed by atoms with Gasteiger partial charge in [-0.3, -0.25) is 4.79 Å². The van der Waals surface area contributed by atoms with E-state index in [1.165, 1.54) is 0 Å². The molecular weight excluding hydrogens is 200 g/mol. The number of alkyl carbamates (subject to hydrolysis) is 1. The Bertz CT molecular complexity index is 254. The molecule has 0 unspecified atom stereocenters. The smallest absolute Gasteiger partial charge is 0.407 e. The van der Waals surface area contributed by atoms with Crippen LogP contribution in [0.15, 0.2) is 0 Å². The zero-order valence-electron chi connectivity index (χ0n) is 8.82. The Morgan fingerprint density at radius 1 is 1.53 bits per heavy atom. The highest BCUT2D eigenvalue weighted by Crippen LogP contribution is 2.07. The van der Waals surface area contributed by atoms with Crippen LogP contribution in [0.3, 0.4) is 0 Å². The maximum Gasteiger partial charge on any atom is 0.407 e. The highest BCUT2D eigenvalue weighted by atomic mass is 16.6. The van der Waals surface area contributed by atoms with Gasteiger partial charge in [0.2, 0.25) is 0 Å². The zero-order valence-corrected chi connectivity index (χ0v) is 8.82. The molecule has 0 aromatic rings. The molecule has 86 valence electrons. The molecular formula is C9H16N2O4. The Morgan fingerprint density at radius 3 is 2.67 bits per heavy atom. The lowest BCUT2D eigenvalue weighted by atomic mass is 10.2. The summed E-state index contributed by atoms with van der Waals surface area (Å²) in [5.41, 5.74) is 0. The number of aliphatic carboxylic acids is 1. The highest BCUT2D eigenvalue weighted by Gasteiger charge is 2.30. The van der Waals surface area contributed by atoms with Crippen LogP contribution in [-0.2, 0) is 9.53 Å². The van der Waals surface area contributed by atoms with Gasteiger partial charge in [-0.15, -0.1) is 0 Å². The number of rotatable bonds is 3. The first kappa shape index (κ1) is 11.8. The highest BCUT2D eigenvalue weighted by molar-refractivity contribution is 5.74. The summed E-state index contributed by atoms with van der Waals surface area (Å²) in [7, 11) is 0. The zero-order chi connectivity index (χ0) is 11.4. The number of hydrogen-bond acceptors (Lipinski definition) is 4. The van der Waals surface area contributed by atoms with Crippen LogP contribution in [0.4, 0.5) is 4.79 Å². The van der Waals surface area contributed by atoms with Crippen molar-refractivity contribution in [3.8, 4) is 0 Å². The number of carbonyl (C=O) groups excluding carboxylic acids is 1. The van der Waals surface area contributed by atoms with Crippen molar-refractivity contribution in [1.29, 1.82) is 0 Å². The molecule has 0 aromatic carbocycles. The molecule has 1 aliphatic heterocycles. The fourth-order valence-electron chi connectivity index (χ4n) is 1.45. The van der Waals surface area contributed by atoms with Gasteiger partial charge in [-0.1, -0.05) is 0 Å². The molecule has 1 amide bonds. The molecule has 0 radical (unpaired) electrons. The monoisotopic (exact) mass is 216 g/mol. The molecule has 1 rings (SSSR count). The molecule has 0 aromatic heterocycles. The molecule has 3 N–H and O–H groups in total. The minimum Gasteiger partial charge on any atom is -0.480 e. The van der Waals surface area contributed by atoms with Gasteiger partial charge in [-0.25, -0.2) is 4.79 Å². The fourth-order valence-corrected chi connectivity index (χ4v) is 1.45. The molecule has 15 heavy (non-hydrogen) atoms. The summed E-state index contributed by atoms with van der Waals surface area (Å²) < 4.78 is 4.88. The van der Waals surface area contributed by atoms with Crippen LogP contribution in [0.2, 0.25) is 0 Å². The van der Waals surface area contributed by atoms with E-state index in [9.17, 15) is 9.59 Å². The number of nitrogens with one attached hydrogen (secondary N) is 2. The average Bonchev–Trinajstić information content (AvgIpc) is 2.50. The molecule has 6 nitrogen and oxygen atoms in total. The molecule has 1 aliphatic rings. The lowest BCUT2D eigenvalue weighted by molar-refractivity contribution is -0.139. The van der Waals surface area contributed by atoms with Crippen molar-refractivity contribution in [3.63, 3.8) is 0 Å². The van der Waals surface area contributed by atoms with E-state index in [1.54, 1.807) is 13.8 Å². The third-order valence-corrected chi connectivity index (χ3v) is 2.09. The van der Waals surface area contributed by atoms with Crippen LogP contribution < -0.4 is 10.6 Å². The van der Waals surface area contributed by atoms with Gasteiger partial charge in [0, 0.05) is 12.6 Å². The number of amides is 1. The first-order valence-electron chi connectivity index (χ1n) is 4.92. The molecule has 0 bridgehead atoms. The van der Waals surface area contributed by atoms with Crippen LogP contribution in [0.5, 0.6) is 0 Å². The maximum atomic E-state index is 11.2. The van der Waals surface area contributed by atoms with Crippen molar-refractivity contribution in [3.05, 3.63) is 0 Å². The van der Waals surface area contributed by atoms with Gasteiger partial charge >= 0.3 is 12.1 Å². The summed E-state index contributed by atoms with van der Waals surface area (Å²) in [6, 6.07) is -0.744. The average molecular weight is 216 g/mol. The summed E-state index contributed by atoms with van der Waals surface area (Å²) in [5.74, 6) is -0.892. The van der Waals surface area contributed by atoms with E-state index in [0.29, 0.717) is 13.0 Å². The lowest BCUT2D eigenvalue weighted by Gasteiger charge is -2.13. The second kappa shape index (κ2) is 4.97. The van der Waals surface area contributed by atoms with Crippen molar-refractivity contribution < 1.29 is 19.4 Å². The molecule has 6 heteroatoms. The van der Waals surface area contributed by atoms with Crippen molar-refractivity contribution in [2.75, 3.05) is 6.54 Å². The Labute approximate surface area is 88.0 Å². The molecule has 0 spiro atoms. The number of ether oxygens (including phenoxy) is 1. The van der Waals surface area contributed by atoms with Crippen LogP contribution in [0, 0.1) is 0 Å². The summed E-state index contributed by atoms with van der Waals surface area (Å²) in [6.07, 6.45) is -0.278. The normalized spacial score (nSPS) is 25.3. The topological polar surface area (TPSA) is 87.7 Å². The van der Waals surface area contributed by atoms with Crippen molar-refractivity contribution >= 4 is 12.1 Å². The Kier molecular flexibility index (Phi) is 3.90. The first-order chi connectivity index (χ1) is 6.99. The van der Waals surface area contributed by atoms with Gasteiger partial charge in [-0.05, 0) is 20.3 Å². The van der Waals surface area contributed by atoms with Crippen LogP contribution in [0.25, 0.3) is 0 Å². The quantitative estimate of drug-likeness (QED) is 0.615. The van der Waals surface area contributed by atoms with E-state index in [0.717, 1.165) is 0 Å². The summed E-state index contributed by atoms with van der Waals surface area (Å²) in [6.45, 7) is 3.98. The number of carbonyl (C=O) groups is 2. The summed E-state index contributed by atoms with van der Waals surface area (Å²) in [4.78, 5) is 21.8. The van der Waals surface area contributed by atoms with Crippen molar-refractivity contribution in [2.45, 2.75) is 38.5 Å². The van der Waals surface area contributed by atoms with Gasteiger partial charge in [0.1, 0.15) is 6.04 Å². The Morgan fingerprint density at radius 2 is 2.20 bits per heavy atom. The van der Waals surface area contributed by atoms with Gasteiger partial charge in [-0.2, -0.15) is 0 Å². The summed E-state index contributed by atoms with van der Waals surface area (Å²) >= 11 is 0. The van der Waals surface area contributed by atoms with Crippen LogP contribution in [-0.4, -0.2) is 41.9 Å². The van der Waals surface area contributed by atoms with E-state index in [4.69, 9.17) is 9.84 Å². The van der Waals surface area contributed by atoms with E-state index >= 15 is 0 Å². The Hall–Kier alpha value is -1.30. The van der Waals surface area contributed by atoms with Crippen LogP contribution >= 0.6 is 0 Å². The second-order valence-corrected chi connectivity index (χ2v) is 3.83. The molecule has 1 saturated heterocycles. The van der Waals surface area contributed by atoms with E-state index < -0.39 is 18.1 Å². The van der Waals surface area contributed by atoms with E-state index in [1.807, 2.05) is 0 Å². The predicted molar refractivity (Wildman–Crippen MR) is 52.6 cm³/mol. The third kappa shape index (κ3) is 3.75. The summed E-state index contributed by atoms with van der Waals surface area (Å²) in [5, 5.41) is 14.1. The van der Waals surface area contributed by atoms with Crippen molar-refractivity contribution in [1.82, 2.24) is 10.6 Å². The maximum absolute atomic E-state index is 11.2. The largest absolute Gasteiger partial charge is 0.480 e. The van der Waals surface area contributed by atoms with Crippen molar-refractivity contribution in [2.24, 2.45) is 0 Å². The molecule has 2 atom stereocenters. The number of hydrogen-bond donors (Lipinski definition) is 3. The minimum atomic E-state index is -0.892. The van der Waals surface area contributed by atoms with Gasteiger partial charge < -0.3 is 20.5 Å². The van der Waals surface area contributed by atoms with Gasteiger partial charge in [0.25, 0.3) is 0 Å². The molecule has 0 aliphatic carbocycles. The first-order valence-corrected chi connectivity index (χ1v) is 4.92. The van der Waals surface area contributed by atoms with E-state index in [2.05, 4.69) is 10.6 Å². The van der Waals surface area contributed by atoms with Gasteiger partial charge in [0.15, 0.2) is 0 Å².